The summed E-state index contributed by atoms with van der Waals surface area (Å²) in [5.74, 6) is 0.217. The second-order valence-electron chi connectivity index (χ2n) is 3.68. The van der Waals surface area contributed by atoms with Crippen LogP contribution in [0.1, 0.15) is 13.3 Å². The van der Waals surface area contributed by atoms with E-state index in [2.05, 4.69) is 5.32 Å². The fourth-order valence-corrected chi connectivity index (χ4v) is 1.30. The third kappa shape index (κ3) is 4.32. The lowest BCUT2D eigenvalue weighted by atomic mass is 10.2. The van der Waals surface area contributed by atoms with Gasteiger partial charge in [-0.25, -0.2) is 0 Å². The van der Waals surface area contributed by atoms with Gasteiger partial charge in [0.1, 0.15) is 5.75 Å². The van der Waals surface area contributed by atoms with Gasteiger partial charge in [-0.2, -0.15) is 0 Å². The molecule has 0 aliphatic heterocycles. The molecule has 0 heterocycles. The zero-order chi connectivity index (χ0) is 12.7. The summed E-state index contributed by atoms with van der Waals surface area (Å²) in [5, 5.41) is 11.6. The van der Waals surface area contributed by atoms with Gasteiger partial charge in [0.25, 0.3) is 5.91 Å². The van der Waals surface area contributed by atoms with Gasteiger partial charge in [-0.3, -0.25) is 4.79 Å². The van der Waals surface area contributed by atoms with Crippen LogP contribution in [-0.2, 0) is 4.79 Å². The lowest BCUT2D eigenvalue weighted by Crippen LogP contribution is -2.39. The molecule has 0 unspecified atom stereocenters. The average molecular weight is 238 g/mol. The van der Waals surface area contributed by atoms with Crippen molar-refractivity contribution in [2.45, 2.75) is 19.4 Å². The van der Waals surface area contributed by atoms with Gasteiger partial charge in [0, 0.05) is 0 Å². The van der Waals surface area contributed by atoms with Crippen molar-refractivity contribution in [3.05, 3.63) is 24.3 Å². The van der Waals surface area contributed by atoms with Gasteiger partial charge in [0.15, 0.2) is 6.61 Å². The van der Waals surface area contributed by atoms with Crippen molar-refractivity contribution in [2.24, 2.45) is 0 Å². The predicted molar refractivity (Wildman–Crippen MR) is 65.7 cm³/mol. The molecule has 1 aromatic rings. The van der Waals surface area contributed by atoms with Crippen molar-refractivity contribution in [3.63, 3.8) is 0 Å². The van der Waals surface area contributed by atoms with Crippen molar-refractivity contribution >= 4 is 11.6 Å². The van der Waals surface area contributed by atoms with Gasteiger partial charge >= 0.3 is 0 Å². The van der Waals surface area contributed by atoms with Gasteiger partial charge < -0.3 is 20.9 Å². The highest BCUT2D eigenvalue weighted by molar-refractivity contribution is 5.78. The van der Waals surface area contributed by atoms with Crippen LogP contribution >= 0.6 is 0 Å². The molecule has 1 aromatic carbocycles. The maximum atomic E-state index is 11.5. The second kappa shape index (κ2) is 6.75. The number of ether oxygens (including phenoxy) is 1. The minimum absolute atomic E-state index is 0.0737. The summed E-state index contributed by atoms with van der Waals surface area (Å²) in [6.07, 6.45) is 0.676. The summed E-state index contributed by atoms with van der Waals surface area (Å²) >= 11 is 0. The maximum Gasteiger partial charge on any atom is 0.258 e. The molecule has 17 heavy (non-hydrogen) atoms. The monoisotopic (exact) mass is 238 g/mol. The number of rotatable bonds is 6. The van der Waals surface area contributed by atoms with Gasteiger partial charge in [0.2, 0.25) is 0 Å². The molecule has 1 atom stereocenters. The first-order valence-corrected chi connectivity index (χ1v) is 5.55. The van der Waals surface area contributed by atoms with Crippen molar-refractivity contribution in [1.82, 2.24) is 5.32 Å². The molecule has 0 saturated heterocycles. The van der Waals surface area contributed by atoms with Crippen molar-refractivity contribution in [2.75, 3.05) is 18.9 Å². The Balaban J connectivity index is 2.41. The molecule has 4 N–H and O–H groups in total. The Morgan fingerprint density at radius 1 is 1.53 bits per heavy atom. The Labute approximate surface area is 101 Å². The molecular weight excluding hydrogens is 220 g/mol. The van der Waals surface area contributed by atoms with E-state index in [4.69, 9.17) is 15.6 Å². The molecule has 94 valence electrons. The van der Waals surface area contributed by atoms with Crippen LogP contribution in [-0.4, -0.2) is 30.3 Å². The van der Waals surface area contributed by atoms with E-state index in [1.807, 2.05) is 6.92 Å². The zero-order valence-corrected chi connectivity index (χ0v) is 9.85. The number of nitrogens with one attached hydrogen (secondary N) is 1. The molecule has 0 bridgehead atoms. The standard InChI is InChI=1S/C12H18N2O3/c1-2-9(7-15)14-12(16)8-17-11-6-4-3-5-10(11)13/h3-6,9,15H,2,7-8,13H2,1H3,(H,14,16)/t9-/m0/s1. The number of para-hydroxylation sites is 2. The minimum Gasteiger partial charge on any atom is -0.482 e. The van der Waals surface area contributed by atoms with E-state index in [1.165, 1.54) is 0 Å². The number of carbonyl (C=O) groups is 1. The first-order chi connectivity index (χ1) is 8.17. The second-order valence-corrected chi connectivity index (χ2v) is 3.68. The summed E-state index contributed by atoms with van der Waals surface area (Å²) in [6.45, 7) is 1.71. The predicted octanol–water partition coefficient (Wildman–Crippen LogP) is 0.535. The fraction of sp³-hybridized carbons (Fsp3) is 0.417. The molecule has 0 spiro atoms. The highest BCUT2D eigenvalue weighted by Gasteiger charge is 2.10. The van der Waals surface area contributed by atoms with Gasteiger partial charge in [0.05, 0.1) is 18.3 Å². The van der Waals surface area contributed by atoms with E-state index in [0.717, 1.165) is 0 Å². The number of amides is 1. The average Bonchev–Trinajstić information content (AvgIpc) is 2.35. The normalized spacial score (nSPS) is 11.9. The lowest BCUT2D eigenvalue weighted by Gasteiger charge is -2.14. The molecule has 0 aromatic heterocycles. The number of aliphatic hydroxyl groups is 1. The number of hydrogen-bond acceptors (Lipinski definition) is 4. The molecule has 0 fully saturated rings. The Hall–Kier alpha value is -1.75. The number of benzene rings is 1. The Morgan fingerprint density at radius 2 is 2.24 bits per heavy atom. The van der Waals surface area contributed by atoms with Crippen LogP contribution < -0.4 is 15.8 Å². The molecule has 0 saturated carbocycles. The van der Waals surface area contributed by atoms with E-state index < -0.39 is 0 Å². The number of anilines is 1. The largest absolute Gasteiger partial charge is 0.482 e. The van der Waals surface area contributed by atoms with Crippen LogP contribution in [0.5, 0.6) is 5.75 Å². The Kier molecular flexibility index (Phi) is 5.29. The van der Waals surface area contributed by atoms with Crippen molar-refractivity contribution in [3.8, 4) is 5.75 Å². The van der Waals surface area contributed by atoms with Crippen LogP contribution in [0.4, 0.5) is 5.69 Å². The van der Waals surface area contributed by atoms with Crippen LogP contribution in [0.3, 0.4) is 0 Å². The maximum absolute atomic E-state index is 11.5. The molecule has 5 nitrogen and oxygen atoms in total. The molecule has 1 amide bonds. The number of carbonyl (C=O) groups excluding carboxylic acids is 1. The van der Waals surface area contributed by atoms with Crippen molar-refractivity contribution < 1.29 is 14.6 Å². The van der Waals surface area contributed by atoms with E-state index in [1.54, 1.807) is 24.3 Å². The smallest absolute Gasteiger partial charge is 0.258 e. The highest BCUT2D eigenvalue weighted by atomic mass is 16.5. The molecule has 0 aliphatic rings. The molecule has 0 aliphatic carbocycles. The lowest BCUT2D eigenvalue weighted by molar-refractivity contribution is -0.124. The van der Waals surface area contributed by atoms with Gasteiger partial charge in [-0.15, -0.1) is 0 Å². The quantitative estimate of drug-likeness (QED) is 0.631. The SMILES string of the molecule is CC[C@@H](CO)NC(=O)COc1ccccc1N. The fourth-order valence-electron chi connectivity index (χ4n) is 1.30. The van der Waals surface area contributed by atoms with Crippen molar-refractivity contribution in [1.29, 1.82) is 0 Å². The summed E-state index contributed by atoms with van der Waals surface area (Å²) in [4.78, 5) is 11.5. The third-order valence-corrected chi connectivity index (χ3v) is 2.36. The number of nitrogen functional groups attached to an aromatic ring is 1. The van der Waals surface area contributed by atoms with E-state index in [0.29, 0.717) is 17.9 Å². The van der Waals surface area contributed by atoms with Gasteiger partial charge in [-0.05, 0) is 18.6 Å². The highest BCUT2D eigenvalue weighted by Crippen LogP contribution is 2.19. The Bertz CT molecular complexity index is 365. The first-order valence-electron chi connectivity index (χ1n) is 5.55. The van der Waals surface area contributed by atoms with Crippen LogP contribution in [0.2, 0.25) is 0 Å². The van der Waals surface area contributed by atoms with Crippen LogP contribution in [0, 0.1) is 0 Å². The van der Waals surface area contributed by atoms with E-state index in [9.17, 15) is 4.79 Å². The van der Waals surface area contributed by atoms with Gasteiger partial charge in [-0.1, -0.05) is 19.1 Å². The molecule has 5 heteroatoms. The zero-order valence-electron chi connectivity index (χ0n) is 9.85. The first kappa shape index (κ1) is 13.3. The summed E-state index contributed by atoms with van der Waals surface area (Å²) in [6, 6.07) is 6.76. The molecule has 0 radical (unpaired) electrons. The van der Waals surface area contributed by atoms with Crippen LogP contribution in [0.25, 0.3) is 0 Å². The Morgan fingerprint density at radius 3 is 2.82 bits per heavy atom. The summed E-state index contributed by atoms with van der Waals surface area (Å²) in [5.41, 5.74) is 6.16. The minimum atomic E-state index is -0.269. The third-order valence-electron chi connectivity index (χ3n) is 2.36. The van der Waals surface area contributed by atoms with E-state index in [-0.39, 0.29) is 25.2 Å². The topological polar surface area (TPSA) is 84.6 Å². The molecule has 1 rings (SSSR count). The number of nitrogens with two attached hydrogens (primary N) is 1. The number of hydrogen-bond donors (Lipinski definition) is 3. The van der Waals surface area contributed by atoms with E-state index >= 15 is 0 Å². The van der Waals surface area contributed by atoms with Crippen LogP contribution in [0.15, 0.2) is 24.3 Å². The summed E-state index contributed by atoms with van der Waals surface area (Å²) in [7, 11) is 0. The number of aliphatic hydroxyl groups excluding tert-OH is 1. The summed E-state index contributed by atoms with van der Waals surface area (Å²) < 4.78 is 5.27. The molecular formula is C12H18N2O3.